The molecule has 0 aromatic carbocycles. The third kappa shape index (κ3) is 6.91. The number of sulfonamides is 1. The predicted octanol–water partition coefficient (Wildman–Crippen LogP) is 3.50. The summed E-state index contributed by atoms with van der Waals surface area (Å²) in [7, 11) is -2.66. The lowest BCUT2D eigenvalue weighted by Gasteiger charge is -2.36. The number of pyridine rings is 2. The minimum atomic E-state index is -4.27. The van der Waals surface area contributed by atoms with Gasteiger partial charge in [-0.2, -0.15) is 8.42 Å². The number of amides is 2. The van der Waals surface area contributed by atoms with Gasteiger partial charge in [0.15, 0.2) is 5.03 Å². The number of aromatic nitrogens is 2. The van der Waals surface area contributed by atoms with E-state index in [-0.39, 0.29) is 21.9 Å². The second-order valence-electron chi connectivity index (χ2n) is 11.0. The number of rotatable bonds is 8. The Bertz CT molecular complexity index is 1270. The minimum absolute atomic E-state index is 0.178. The lowest BCUT2D eigenvalue weighted by molar-refractivity contribution is 0.0305. The normalized spacial score (nSPS) is 17.1. The molecule has 12 heteroatoms. The Morgan fingerprint density at radius 2 is 1.92 bits per heavy atom. The first-order valence-corrected chi connectivity index (χ1v) is 14.0. The van der Waals surface area contributed by atoms with Crippen molar-refractivity contribution in [1.82, 2.24) is 19.6 Å². The van der Waals surface area contributed by atoms with Crippen molar-refractivity contribution in [3.63, 3.8) is 0 Å². The molecule has 0 aliphatic carbocycles. The smallest absolute Gasteiger partial charge is 0.410 e. The van der Waals surface area contributed by atoms with Gasteiger partial charge in [-0.1, -0.05) is 13.0 Å². The summed E-state index contributed by atoms with van der Waals surface area (Å²) in [6.45, 7) is 13.0. The van der Waals surface area contributed by atoms with Crippen molar-refractivity contribution in [3.05, 3.63) is 42.1 Å². The van der Waals surface area contributed by atoms with Crippen LogP contribution in [0.25, 0.3) is 0 Å². The van der Waals surface area contributed by atoms with Crippen LogP contribution in [-0.4, -0.2) is 73.1 Å². The monoisotopic (exact) mass is 546 g/mol. The molecule has 2 N–H and O–H groups in total. The molecule has 3 heterocycles. The first-order chi connectivity index (χ1) is 17.6. The third-order valence-corrected chi connectivity index (χ3v) is 7.89. The Morgan fingerprint density at radius 1 is 1.21 bits per heavy atom. The molecule has 2 aromatic rings. The van der Waals surface area contributed by atoms with E-state index >= 15 is 0 Å². The molecule has 2 amide bonds. The van der Waals surface area contributed by atoms with Crippen molar-refractivity contribution in [2.24, 2.45) is 5.92 Å². The van der Waals surface area contributed by atoms with Crippen LogP contribution in [0.15, 0.2) is 41.6 Å². The average Bonchev–Trinajstić information content (AvgIpc) is 3.09. The van der Waals surface area contributed by atoms with Gasteiger partial charge in [0.1, 0.15) is 17.2 Å². The molecule has 0 saturated carbocycles. The van der Waals surface area contributed by atoms with Crippen molar-refractivity contribution < 1.29 is 22.7 Å². The highest BCUT2D eigenvalue weighted by molar-refractivity contribution is 7.90. The molecule has 1 saturated heterocycles. The molecular weight excluding hydrogens is 508 g/mol. The van der Waals surface area contributed by atoms with E-state index in [0.717, 1.165) is 13.0 Å². The first-order valence-electron chi connectivity index (χ1n) is 12.6. The molecule has 1 aliphatic heterocycles. The number of carbonyl (C=O) groups is 2. The topological polar surface area (TPSA) is 134 Å². The SMILES string of the molecule is CC1CCN(c2ncccc2C(=O)NS(=O)(=O)c2cccc(NCCN(C)C(=O)OC(C)(C)C)n2)C1(C)C. The van der Waals surface area contributed by atoms with Gasteiger partial charge in [-0.25, -0.2) is 19.5 Å². The number of nitrogens with zero attached hydrogens (tertiary/aromatic N) is 4. The number of anilines is 2. The number of nitrogens with one attached hydrogen (secondary N) is 2. The van der Waals surface area contributed by atoms with Crippen LogP contribution in [0.3, 0.4) is 0 Å². The van der Waals surface area contributed by atoms with Gasteiger partial charge in [-0.3, -0.25) is 4.79 Å². The Labute approximate surface area is 225 Å². The molecule has 38 heavy (non-hydrogen) atoms. The summed E-state index contributed by atoms with van der Waals surface area (Å²) in [6, 6.07) is 7.61. The number of carbonyl (C=O) groups excluding carboxylic acids is 2. The molecule has 0 spiro atoms. The number of hydrogen-bond donors (Lipinski definition) is 2. The van der Waals surface area contributed by atoms with E-state index in [1.54, 1.807) is 52.2 Å². The molecule has 1 unspecified atom stereocenters. The van der Waals surface area contributed by atoms with E-state index in [4.69, 9.17) is 4.74 Å². The highest BCUT2D eigenvalue weighted by Crippen LogP contribution is 2.38. The van der Waals surface area contributed by atoms with Gasteiger partial charge in [-0.05, 0) is 71.2 Å². The quantitative estimate of drug-likeness (QED) is 0.510. The molecule has 11 nitrogen and oxygen atoms in total. The van der Waals surface area contributed by atoms with Gasteiger partial charge in [0.05, 0.1) is 5.56 Å². The Morgan fingerprint density at radius 3 is 2.55 bits per heavy atom. The minimum Gasteiger partial charge on any atom is -0.444 e. The van der Waals surface area contributed by atoms with Crippen LogP contribution in [0.2, 0.25) is 0 Å². The van der Waals surface area contributed by atoms with Crippen LogP contribution >= 0.6 is 0 Å². The second-order valence-corrected chi connectivity index (χ2v) is 12.6. The van der Waals surface area contributed by atoms with Crippen molar-refractivity contribution in [1.29, 1.82) is 0 Å². The van der Waals surface area contributed by atoms with Crippen molar-refractivity contribution >= 4 is 33.7 Å². The van der Waals surface area contributed by atoms with Crippen molar-refractivity contribution in [2.75, 3.05) is 36.9 Å². The summed E-state index contributed by atoms with van der Waals surface area (Å²) in [5.41, 5.74) is -0.660. The Hall–Kier alpha value is -3.41. The zero-order valence-electron chi connectivity index (χ0n) is 23.1. The highest BCUT2D eigenvalue weighted by Gasteiger charge is 2.40. The van der Waals surface area contributed by atoms with E-state index in [0.29, 0.717) is 24.8 Å². The van der Waals surface area contributed by atoms with E-state index in [9.17, 15) is 18.0 Å². The number of hydrogen-bond acceptors (Lipinski definition) is 9. The highest BCUT2D eigenvalue weighted by atomic mass is 32.2. The molecule has 0 radical (unpaired) electrons. The average molecular weight is 547 g/mol. The Balaban J connectivity index is 1.69. The van der Waals surface area contributed by atoms with Crippen LogP contribution < -0.4 is 14.9 Å². The lowest BCUT2D eigenvalue weighted by Crippen LogP contribution is -2.43. The zero-order chi connectivity index (χ0) is 28.3. The zero-order valence-corrected chi connectivity index (χ0v) is 23.9. The molecule has 1 aliphatic rings. The maximum absolute atomic E-state index is 13.1. The van der Waals surface area contributed by atoms with Crippen LogP contribution in [0.1, 0.15) is 58.3 Å². The predicted molar refractivity (Wildman–Crippen MR) is 146 cm³/mol. The van der Waals surface area contributed by atoms with Gasteiger partial charge < -0.3 is 19.9 Å². The van der Waals surface area contributed by atoms with Crippen LogP contribution in [0, 0.1) is 5.92 Å². The second kappa shape index (κ2) is 11.1. The first kappa shape index (κ1) is 29.2. The van der Waals surface area contributed by atoms with Crippen molar-refractivity contribution in [3.8, 4) is 0 Å². The fourth-order valence-electron chi connectivity index (χ4n) is 4.07. The van der Waals surface area contributed by atoms with Crippen LogP contribution in [-0.2, 0) is 14.8 Å². The summed E-state index contributed by atoms with van der Waals surface area (Å²) in [5, 5.41) is 2.69. The van der Waals surface area contributed by atoms with Gasteiger partial charge in [0.2, 0.25) is 0 Å². The summed E-state index contributed by atoms with van der Waals surface area (Å²) >= 11 is 0. The van der Waals surface area contributed by atoms with Gasteiger partial charge >= 0.3 is 6.09 Å². The standard InChI is InChI=1S/C26H38N6O5S/c1-18-13-16-32(26(18,5)6)22-19(10-9-14-28-22)23(33)30-38(35,36)21-12-8-11-20(29-21)27-15-17-31(7)24(34)37-25(2,3)4/h8-12,14,18H,13,15-17H2,1-7H3,(H,27,29)(H,30,33). The molecule has 1 fully saturated rings. The van der Waals surface area contributed by atoms with E-state index in [1.165, 1.54) is 17.0 Å². The largest absolute Gasteiger partial charge is 0.444 e. The molecule has 208 valence electrons. The van der Waals surface area contributed by atoms with Gasteiger partial charge in [-0.15, -0.1) is 0 Å². The maximum atomic E-state index is 13.1. The summed E-state index contributed by atoms with van der Waals surface area (Å²) in [5.74, 6) is 0.343. The van der Waals surface area contributed by atoms with Crippen molar-refractivity contribution in [2.45, 2.75) is 64.1 Å². The number of ether oxygens (including phenoxy) is 1. The fraction of sp³-hybridized carbons (Fsp3) is 0.538. The maximum Gasteiger partial charge on any atom is 0.410 e. The lowest BCUT2D eigenvalue weighted by atomic mass is 9.90. The summed E-state index contributed by atoms with van der Waals surface area (Å²) in [6.07, 6.45) is 2.07. The third-order valence-electron chi connectivity index (χ3n) is 6.66. The summed E-state index contributed by atoms with van der Waals surface area (Å²) < 4.78 is 33.6. The molecule has 2 aromatic heterocycles. The van der Waals surface area contributed by atoms with E-state index in [2.05, 4.69) is 45.7 Å². The number of likely N-dealkylation sites (N-methyl/N-ethyl adjacent to an activating group) is 1. The van der Waals surface area contributed by atoms with Crippen LogP contribution in [0.4, 0.5) is 16.4 Å². The van der Waals surface area contributed by atoms with Crippen LogP contribution in [0.5, 0.6) is 0 Å². The molecular formula is C26H38N6O5S. The van der Waals surface area contributed by atoms with Gasteiger partial charge in [0.25, 0.3) is 15.9 Å². The molecule has 3 rings (SSSR count). The molecule has 1 atom stereocenters. The van der Waals surface area contributed by atoms with Gasteiger partial charge in [0, 0.05) is 38.4 Å². The van der Waals surface area contributed by atoms with E-state index in [1.807, 2.05) is 0 Å². The van der Waals surface area contributed by atoms with E-state index < -0.39 is 27.6 Å². The fourth-order valence-corrected chi connectivity index (χ4v) is 5.01. The Kier molecular flexibility index (Phi) is 8.55. The molecule has 0 bridgehead atoms. The summed E-state index contributed by atoms with van der Waals surface area (Å²) in [4.78, 5) is 37.3.